The predicted octanol–water partition coefficient (Wildman–Crippen LogP) is 3.46. The zero-order valence-corrected chi connectivity index (χ0v) is 15.4. The van der Waals surface area contributed by atoms with E-state index in [1.54, 1.807) is 43.3 Å². The van der Waals surface area contributed by atoms with Crippen LogP contribution in [0.3, 0.4) is 0 Å². The summed E-state index contributed by atoms with van der Waals surface area (Å²) in [5.74, 6) is -0.00925. The topological polar surface area (TPSA) is 93.2 Å². The standard InChI is InChI=1S/C20H24N4O3/c1-2-27-20(26)14-8-10-16(11-9-14)21-18-13-12-17(23-24-18)19(25)22-15-6-4-3-5-7-15/h8-13,15H,2-7H2,1H3,(H,21,24)(H,22,25). The number of nitrogens with one attached hydrogen (secondary N) is 2. The van der Waals surface area contributed by atoms with Crippen LogP contribution in [-0.2, 0) is 4.74 Å². The molecule has 1 aromatic carbocycles. The molecule has 2 aromatic rings. The molecule has 0 aliphatic heterocycles. The lowest BCUT2D eigenvalue weighted by Gasteiger charge is -2.22. The molecule has 1 aliphatic rings. The van der Waals surface area contributed by atoms with Crippen LogP contribution < -0.4 is 10.6 Å². The van der Waals surface area contributed by atoms with Crippen molar-refractivity contribution in [2.24, 2.45) is 0 Å². The van der Waals surface area contributed by atoms with E-state index in [1.165, 1.54) is 6.42 Å². The average Bonchev–Trinajstić information content (AvgIpc) is 2.70. The van der Waals surface area contributed by atoms with Crippen molar-refractivity contribution in [1.29, 1.82) is 0 Å². The summed E-state index contributed by atoms with van der Waals surface area (Å²) < 4.78 is 4.96. The minimum Gasteiger partial charge on any atom is -0.462 e. The van der Waals surface area contributed by atoms with Gasteiger partial charge in [-0.25, -0.2) is 4.79 Å². The summed E-state index contributed by atoms with van der Waals surface area (Å²) in [4.78, 5) is 23.9. The molecule has 7 heteroatoms. The number of carbonyl (C=O) groups excluding carboxylic acids is 2. The SMILES string of the molecule is CCOC(=O)c1ccc(Nc2ccc(C(=O)NC3CCCCC3)nn2)cc1. The Morgan fingerprint density at radius 2 is 1.78 bits per heavy atom. The zero-order chi connectivity index (χ0) is 19.1. The molecule has 0 bridgehead atoms. The first-order valence-electron chi connectivity index (χ1n) is 9.34. The van der Waals surface area contributed by atoms with E-state index in [0.29, 0.717) is 23.7 Å². The number of hydrogen-bond acceptors (Lipinski definition) is 6. The highest BCUT2D eigenvalue weighted by Gasteiger charge is 2.17. The summed E-state index contributed by atoms with van der Waals surface area (Å²) in [5, 5.41) is 14.2. The number of ether oxygens (including phenoxy) is 1. The molecule has 1 saturated carbocycles. The van der Waals surface area contributed by atoms with Crippen LogP contribution in [0.15, 0.2) is 36.4 Å². The predicted molar refractivity (Wildman–Crippen MR) is 102 cm³/mol. The molecule has 142 valence electrons. The van der Waals surface area contributed by atoms with Crippen molar-refractivity contribution in [3.8, 4) is 0 Å². The van der Waals surface area contributed by atoms with E-state index in [-0.39, 0.29) is 17.9 Å². The first-order chi connectivity index (χ1) is 13.2. The van der Waals surface area contributed by atoms with Gasteiger partial charge in [0.25, 0.3) is 5.91 Å². The Kier molecular flexibility index (Phi) is 6.35. The van der Waals surface area contributed by atoms with E-state index in [2.05, 4.69) is 20.8 Å². The molecular weight excluding hydrogens is 344 g/mol. The number of esters is 1. The fourth-order valence-electron chi connectivity index (χ4n) is 3.08. The maximum absolute atomic E-state index is 12.3. The highest BCUT2D eigenvalue weighted by Crippen LogP contribution is 2.18. The fourth-order valence-corrected chi connectivity index (χ4v) is 3.08. The molecule has 1 heterocycles. The summed E-state index contributed by atoms with van der Waals surface area (Å²) in [7, 11) is 0. The van der Waals surface area contributed by atoms with Crippen LogP contribution in [0.5, 0.6) is 0 Å². The molecule has 0 saturated heterocycles. The lowest BCUT2D eigenvalue weighted by Crippen LogP contribution is -2.36. The van der Waals surface area contributed by atoms with E-state index in [4.69, 9.17) is 4.74 Å². The summed E-state index contributed by atoms with van der Waals surface area (Å²) in [6, 6.07) is 10.5. The summed E-state index contributed by atoms with van der Waals surface area (Å²) in [6.45, 7) is 2.11. The van der Waals surface area contributed by atoms with Gasteiger partial charge < -0.3 is 15.4 Å². The van der Waals surface area contributed by atoms with Crippen molar-refractivity contribution in [2.75, 3.05) is 11.9 Å². The van der Waals surface area contributed by atoms with Gasteiger partial charge in [-0.05, 0) is 56.2 Å². The third kappa shape index (κ3) is 5.26. The van der Waals surface area contributed by atoms with Crippen molar-refractivity contribution in [3.63, 3.8) is 0 Å². The maximum Gasteiger partial charge on any atom is 0.338 e. The summed E-state index contributed by atoms with van der Waals surface area (Å²) in [6.07, 6.45) is 5.62. The molecule has 7 nitrogen and oxygen atoms in total. The maximum atomic E-state index is 12.3. The number of carbonyl (C=O) groups is 2. The van der Waals surface area contributed by atoms with Crippen molar-refractivity contribution in [2.45, 2.75) is 45.1 Å². The Bertz CT molecular complexity index is 769. The molecule has 1 amide bonds. The number of rotatable bonds is 6. The first-order valence-corrected chi connectivity index (χ1v) is 9.34. The van der Waals surface area contributed by atoms with Crippen molar-refractivity contribution in [3.05, 3.63) is 47.7 Å². The van der Waals surface area contributed by atoms with Crippen LogP contribution >= 0.6 is 0 Å². The van der Waals surface area contributed by atoms with Crippen molar-refractivity contribution in [1.82, 2.24) is 15.5 Å². The third-order valence-corrected chi connectivity index (χ3v) is 4.51. The fraction of sp³-hybridized carbons (Fsp3) is 0.400. The monoisotopic (exact) mass is 368 g/mol. The smallest absolute Gasteiger partial charge is 0.338 e. The van der Waals surface area contributed by atoms with Gasteiger partial charge in [-0.15, -0.1) is 10.2 Å². The molecule has 0 atom stereocenters. The van der Waals surface area contributed by atoms with Gasteiger partial charge in [0, 0.05) is 11.7 Å². The molecule has 1 aliphatic carbocycles. The zero-order valence-electron chi connectivity index (χ0n) is 15.4. The lowest BCUT2D eigenvalue weighted by molar-refractivity contribution is 0.0526. The van der Waals surface area contributed by atoms with Crippen LogP contribution in [0, 0.1) is 0 Å². The van der Waals surface area contributed by atoms with E-state index in [0.717, 1.165) is 31.4 Å². The van der Waals surface area contributed by atoms with Crippen LogP contribution in [0.2, 0.25) is 0 Å². The van der Waals surface area contributed by atoms with E-state index in [9.17, 15) is 9.59 Å². The van der Waals surface area contributed by atoms with E-state index < -0.39 is 0 Å². The Hall–Kier alpha value is -2.96. The van der Waals surface area contributed by atoms with Gasteiger partial charge in [0.2, 0.25) is 0 Å². The second kappa shape index (κ2) is 9.12. The van der Waals surface area contributed by atoms with Crippen LogP contribution in [0.25, 0.3) is 0 Å². The number of benzene rings is 1. The molecule has 3 rings (SSSR count). The number of aromatic nitrogens is 2. The Morgan fingerprint density at radius 1 is 1.04 bits per heavy atom. The number of nitrogens with zero attached hydrogens (tertiary/aromatic N) is 2. The first kappa shape index (κ1) is 18.8. The number of anilines is 2. The van der Waals surface area contributed by atoms with Gasteiger partial charge in [-0.1, -0.05) is 19.3 Å². The molecule has 0 radical (unpaired) electrons. The third-order valence-electron chi connectivity index (χ3n) is 4.51. The number of amides is 1. The molecule has 1 aromatic heterocycles. The van der Waals surface area contributed by atoms with Crippen LogP contribution in [0.1, 0.15) is 59.9 Å². The average molecular weight is 368 g/mol. The second-order valence-corrected chi connectivity index (χ2v) is 6.54. The molecule has 1 fully saturated rings. The summed E-state index contributed by atoms with van der Waals surface area (Å²) >= 11 is 0. The Labute approximate surface area is 158 Å². The highest BCUT2D eigenvalue weighted by molar-refractivity contribution is 5.92. The van der Waals surface area contributed by atoms with Gasteiger partial charge in [-0.3, -0.25) is 4.79 Å². The van der Waals surface area contributed by atoms with Crippen molar-refractivity contribution >= 4 is 23.4 Å². The van der Waals surface area contributed by atoms with Crippen LogP contribution in [-0.4, -0.2) is 34.7 Å². The van der Waals surface area contributed by atoms with E-state index >= 15 is 0 Å². The molecule has 2 N–H and O–H groups in total. The Morgan fingerprint density at radius 3 is 2.41 bits per heavy atom. The normalized spacial score (nSPS) is 14.4. The van der Waals surface area contributed by atoms with Crippen LogP contribution in [0.4, 0.5) is 11.5 Å². The Balaban J connectivity index is 1.57. The van der Waals surface area contributed by atoms with E-state index in [1.807, 2.05) is 0 Å². The largest absolute Gasteiger partial charge is 0.462 e. The second-order valence-electron chi connectivity index (χ2n) is 6.54. The van der Waals surface area contributed by atoms with Gasteiger partial charge in [0.15, 0.2) is 11.5 Å². The minimum absolute atomic E-state index is 0.181. The molecule has 0 unspecified atom stereocenters. The van der Waals surface area contributed by atoms with Crippen molar-refractivity contribution < 1.29 is 14.3 Å². The van der Waals surface area contributed by atoms with Gasteiger partial charge >= 0.3 is 5.97 Å². The molecular formula is C20H24N4O3. The van der Waals surface area contributed by atoms with Gasteiger partial charge in [0.05, 0.1) is 12.2 Å². The lowest BCUT2D eigenvalue weighted by atomic mass is 9.95. The minimum atomic E-state index is -0.350. The highest BCUT2D eigenvalue weighted by atomic mass is 16.5. The van der Waals surface area contributed by atoms with Gasteiger partial charge in [-0.2, -0.15) is 0 Å². The summed E-state index contributed by atoms with van der Waals surface area (Å²) in [5.41, 5.74) is 1.56. The van der Waals surface area contributed by atoms with Gasteiger partial charge in [0.1, 0.15) is 0 Å². The quantitative estimate of drug-likeness (QED) is 0.759. The number of hydrogen-bond donors (Lipinski definition) is 2. The molecule has 27 heavy (non-hydrogen) atoms. The molecule has 0 spiro atoms.